The maximum atomic E-state index is 12.4. The summed E-state index contributed by atoms with van der Waals surface area (Å²) in [5, 5.41) is 3.30. The van der Waals surface area contributed by atoms with Gasteiger partial charge in [-0.25, -0.2) is 0 Å². The van der Waals surface area contributed by atoms with Crippen LogP contribution in [0.3, 0.4) is 0 Å². The van der Waals surface area contributed by atoms with Gasteiger partial charge in [0.2, 0.25) is 5.91 Å². The van der Waals surface area contributed by atoms with E-state index in [0.717, 1.165) is 41.7 Å². The lowest BCUT2D eigenvalue weighted by Gasteiger charge is -2.28. The topological polar surface area (TPSA) is 32.3 Å². The van der Waals surface area contributed by atoms with Gasteiger partial charge in [-0.05, 0) is 38.4 Å². The van der Waals surface area contributed by atoms with Crippen LogP contribution in [0.25, 0.3) is 0 Å². The number of hydrogen-bond donors (Lipinski definition) is 1. The Morgan fingerprint density at radius 2 is 2.44 bits per heavy atom. The molecule has 0 spiro atoms. The number of thiophene rings is 1. The Hall–Kier alpha value is -0.580. The Morgan fingerprint density at radius 1 is 1.61 bits per heavy atom. The standard InChI is InChI=1S/C13H19ClN2OS/c1-2-16(9-11-5-6-12(14)18-11)13(17)10-4-3-7-15-8-10/h5-6,10,15H,2-4,7-9H2,1H3/t10-/m1/s1. The van der Waals surface area contributed by atoms with Crippen molar-refractivity contribution in [3.8, 4) is 0 Å². The van der Waals surface area contributed by atoms with Gasteiger partial charge in [-0.1, -0.05) is 11.6 Å². The average molecular weight is 287 g/mol. The molecule has 0 bridgehead atoms. The minimum absolute atomic E-state index is 0.147. The van der Waals surface area contributed by atoms with Crippen molar-refractivity contribution < 1.29 is 4.79 Å². The van der Waals surface area contributed by atoms with E-state index in [4.69, 9.17) is 11.6 Å². The fourth-order valence-corrected chi connectivity index (χ4v) is 3.39. The molecule has 1 aromatic rings. The van der Waals surface area contributed by atoms with Crippen molar-refractivity contribution in [2.75, 3.05) is 19.6 Å². The van der Waals surface area contributed by atoms with Crippen LogP contribution in [-0.2, 0) is 11.3 Å². The molecule has 2 rings (SSSR count). The van der Waals surface area contributed by atoms with Crippen molar-refractivity contribution in [3.63, 3.8) is 0 Å². The molecule has 1 amide bonds. The van der Waals surface area contributed by atoms with Crippen molar-refractivity contribution >= 4 is 28.8 Å². The third kappa shape index (κ3) is 3.46. The monoisotopic (exact) mass is 286 g/mol. The molecule has 1 N–H and O–H groups in total. The predicted octanol–water partition coefficient (Wildman–Crippen LogP) is 2.75. The van der Waals surface area contributed by atoms with Crippen LogP contribution in [0.2, 0.25) is 4.34 Å². The molecule has 100 valence electrons. The average Bonchev–Trinajstić information content (AvgIpc) is 2.82. The smallest absolute Gasteiger partial charge is 0.227 e. The highest BCUT2D eigenvalue weighted by molar-refractivity contribution is 7.16. The SMILES string of the molecule is CCN(Cc1ccc(Cl)s1)C(=O)[C@@H]1CCCNC1. The fraction of sp³-hybridized carbons (Fsp3) is 0.615. The highest BCUT2D eigenvalue weighted by atomic mass is 35.5. The van der Waals surface area contributed by atoms with E-state index in [1.807, 2.05) is 24.0 Å². The molecule has 5 heteroatoms. The molecular formula is C13H19ClN2OS. The quantitative estimate of drug-likeness (QED) is 0.923. The Balaban J connectivity index is 1.96. The van der Waals surface area contributed by atoms with Crippen LogP contribution in [0.1, 0.15) is 24.6 Å². The first-order valence-electron chi connectivity index (χ1n) is 6.44. The third-order valence-electron chi connectivity index (χ3n) is 3.32. The van der Waals surface area contributed by atoms with E-state index in [1.165, 1.54) is 0 Å². The molecule has 1 aliphatic rings. The van der Waals surface area contributed by atoms with Crippen LogP contribution in [0, 0.1) is 5.92 Å². The summed E-state index contributed by atoms with van der Waals surface area (Å²) < 4.78 is 0.785. The number of halogens is 1. The van der Waals surface area contributed by atoms with E-state index in [2.05, 4.69) is 5.32 Å². The summed E-state index contributed by atoms with van der Waals surface area (Å²) >= 11 is 7.47. The number of nitrogens with zero attached hydrogens (tertiary/aromatic N) is 1. The largest absolute Gasteiger partial charge is 0.338 e. The Labute approximate surface area is 117 Å². The van der Waals surface area contributed by atoms with Crippen LogP contribution >= 0.6 is 22.9 Å². The molecule has 0 radical (unpaired) electrons. The summed E-state index contributed by atoms with van der Waals surface area (Å²) in [4.78, 5) is 15.5. The van der Waals surface area contributed by atoms with Crippen molar-refractivity contribution in [1.82, 2.24) is 10.2 Å². The highest BCUT2D eigenvalue weighted by Crippen LogP contribution is 2.23. The van der Waals surface area contributed by atoms with E-state index in [-0.39, 0.29) is 11.8 Å². The molecule has 1 atom stereocenters. The van der Waals surface area contributed by atoms with Gasteiger partial charge in [0.05, 0.1) is 16.8 Å². The van der Waals surface area contributed by atoms with Crippen LogP contribution in [0.15, 0.2) is 12.1 Å². The van der Waals surface area contributed by atoms with Gasteiger partial charge in [-0.15, -0.1) is 11.3 Å². The first kappa shape index (κ1) is 13.8. The number of carbonyl (C=O) groups excluding carboxylic acids is 1. The number of amides is 1. The van der Waals surface area contributed by atoms with Gasteiger partial charge >= 0.3 is 0 Å². The third-order valence-corrected chi connectivity index (χ3v) is 4.53. The number of nitrogens with one attached hydrogen (secondary N) is 1. The molecule has 1 aliphatic heterocycles. The summed E-state index contributed by atoms with van der Waals surface area (Å²) in [6.07, 6.45) is 2.10. The Bertz CT molecular complexity index is 401. The van der Waals surface area contributed by atoms with Crippen molar-refractivity contribution in [1.29, 1.82) is 0 Å². The van der Waals surface area contributed by atoms with Crippen molar-refractivity contribution in [3.05, 3.63) is 21.3 Å². The summed E-state index contributed by atoms with van der Waals surface area (Å²) in [6.45, 7) is 5.33. The summed E-state index contributed by atoms with van der Waals surface area (Å²) in [7, 11) is 0. The molecule has 0 saturated carbocycles. The molecule has 1 saturated heterocycles. The highest BCUT2D eigenvalue weighted by Gasteiger charge is 2.25. The van der Waals surface area contributed by atoms with Gasteiger partial charge in [-0.3, -0.25) is 4.79 Å². The summed E-state index contributed by atoms with van der Waals surface area (Å²) in [5.74, 6) is 0.420. The lowest BCUT2D eigenvalue weighted by atomic mass is 9.98. The van der Waals surface area contributed by atoms with E-state index in [1.54, 1.807) is 11.3 Å². The van der Waals surface area contributed by atoms with Crippen LogP contribution < -0.4 is 5.32 Å². The zero-order valence-corrected chi connectivity index (χ0v) is 12.2. The minimum atomic E-state index is 0.147. The molecular weight excluding hydrogens is 268 g/mol. The van der Waals surface area contributed by atoms with E-state index in [9.17, 15) is 4.79 Å². The molecule has 0 aliphatic carbocycles. The normalized spacial score (nSPS) is 19.8. The molecule has 18 heavy (non-hydrogen) atoms. The number of rotatable bonds is 4. The Kier molecular flexibility index (Phi) is 5.03. The molecule has 0 unspecified atom stereocenters. The van der Waals surface area contributed by atoms with Gasteiger partial charge in [0.25, 0.3) is 0 Å². The molecule has 1 fully saturated rings. The van der Waals surface area contributed by atoms with Crippen LogP contribution in [-0.4, -0.2) is 30.4 Å². The van der Waals surface area contributed by atoms with Gasteiger partial charge in [0, 0.05) is 18.0 Å². The molecule has 3 nitrogen and oxygen atoms in total. The maximum absolute atomic E-state index is 12.4. The van der Waals surface area contributed by atoms with Gasteiger partial charge < -0.3 is 10.2 Å². The van der Waals surface area contributed by atoms with E-state index >= 15 is 0 Å². The Morgan fingerprint density at radius 3 is 3.00 bits per heavy atom. The second-order valence-electron chi connectivity index (χ2n) is 4.60. The number of hydrogen-bond acceptors (Lipinski definition) is 3. The van der Waals surface area contributed by atoms with Crippen molar-refractivity contribution in [2.24, 2.45) is 5.92 Å². The number of carbonyl (C=O) groups is 1. The second-order valence-corrected chi connectivity index (χ2v) is 6.40. The zero-order chi connectivity index (χ0) is 13.0. The summed E-state index contributed by atoms with van der Waals surface area (Å²) in [5.41, 5.74) is 0. The lowest BCUT2D eigenvalue weighted by molar-refractivity contribution is -0.136. The first-order valence-corrected chi connectivity index (χ1v) is 7.64. The number of piperidine rings is 1. The molecule has 2 heterocycles. The minimum Gasteiger partial charge on any atom is -0.338 e. The fourth-order valence-electron chi connectivity index (χ4n) is 2.29. The second kappa shape index (κ2) is 6.55. The molecule has 1 aromatic heterocycles. The summed E-state index contributed by atoms with van der Waals surface area (Å²) in [6, 6.07) is 3.89. The van der Waals surface area contributed by atoms with E-state index < -0.39 is 0 Å². The first-order chi connectivity index (χ1) is 8.70. The zero-order valence-electron chi connectivity index (χ0n) is 10.6. The lowest BCUT2D eigenvalue weighted by Crippen LogP contribution is -2.42. The van der Waals surface area contributed by atoms with Gasteiger partial charge in [-0.2, -0.15) is 0 Å². The van der Waals surface area contributed by atoms with Gasteiger partial charge in [0.1, 0.15) is 0 Å². The van der Waals surface area contributed by atoms with Crippen LogP contribution in [0.5, 0.6) is 0 Å². The van der Waals surface area contributed by atoms with Crippen molar-refractivity contribution in [2.45, 2.75) is 26.3 Å². The van der Waals surface area contributed by atoms with Gasteiger partial charge in [0.15, 0.2) is 0 Å². The van der Waals surface area contributed by atoms with E-state index in [0.29, 0.717) is 6.54 Å². The van der Waals surface area contributed by atoms with Crippen LogP contribution in [0.4, 0.5) is 0 Å². The maximum Gasteiger partial charge on any atom is 0.227 e. The molecule has 0 aromatic carbocycles. The predicted molar refractivity (Wildman–Crippen MR) is 76.0 cm³/mol.